The monoisotopic (exact) mass is 266 g/mol. The number of benzene rings is 1. The Morgan fingerprint density at radius 2 is 1.15 bits per heavy atom. The number of hydrogen-bond donors (Lipinski definition) is 0. The molecule has 2 heterocycles. The Bertz CT molecular complexity index is 703. The van der Waals surface area contributed by atoms with Crippen LogP contribution in [0.15, 0.2) is 36.4 Å². The molecule has 0 radical (unpaired) electrons. The third kappa shape index (κ3) is 2.13. The van der Waals surface area contributed by atoms with Gasteiger partial charge in [0.05, 0.1) is 22.8 Å². The first kappa shape index (κ1) is 12.7. The molecule has 0 bridgehead atoms. The Labute approximate surface area is 118 Å². The highest BCUT2D eigenvalue weighted by Gasteiger charge is 2.07. The lowest BCUT2D eigenvalue weighted by Crippen LogP contribution is -2.03. The third-order valence-electron chi connectivity index (χ3n) is 3.34. The summed E-state index contributed by atoms with van der Waals surface area (Å²) < 4.78 is 3.93. The smallest absolute Gasteiger partial charge is 0.0670 e. The average molecular weight is 266 g/mol. The summed E-state index contributed by atoms with van der Waals surface area (Å²) in [5.41, 5.74) is 6.43. The number of hydrogen-bond acceptors (Lipinski definition) is 2. The van der Waals surface area contributed by atoms with E-state index in [9.17, 15) is 0 Å². The summed E-state index contributed by atoms with van der Waals surface area (Å²) in [6.45, 7) is 8.15. The van der Waals surface area contributed by atoms with Crippen molar-refractivity contribution in [2.45, 2.75) is 27.7 Å². The zero-order valence-electron chi connectivity index (χ0n) is 12.3. The molecule has 0 aliphatic rings. The van der Waals surface area contributed by atoms with Crippen LogP contribution in [0.3, 0.4) is 0 Å². The number of rotatable bonds is 2. The second-order valence-corrected chi connectivity index (χ2v) is 5.20. The lowest BCUT2D eigenvalue weighted by molar-refractivity contribution is 0.812. The number of aromatic nitrogens is 4. The maximum absolute atomic E-state index is 4.53. The van der Waals surface area contributed by atoms with Gasteiger partial charge in [-0.25, -0.2) is 9.36 Å². The maximum atomic E-state index is 4.53. The molecule has 102 valence electrons. The Kier molecular flexibility index (Phi) is 2.93. The lowest BCUT2D eigenvalue weighted by Gasteiger charge is -2.08. The predicted molar refractivity (Wildman–Crippen MR) is 79.6 cm³/mol. The highest BCUT2D eigenvalue weighted by molar-refractivity contribution is 5.44. The van der Waals surface area contributed by atoms with Crippen molar-refractivity contribution < 1.29 is 0 Å². The molecule has 0 aliphatic carbocycles. The van der Waals surface area contributed by atoms with Crippen LogP contribution in [0.25, 0.3) is 11.4 Å². The fraction of sp³-hybridized carbons (Fsp3) is 0.250. The molecule has 0 fully saturated rings. The zero-order valence-corrected chi connectivity index (χ0v) is 12.3. The van der Waals surface area contributed by atoms with E-state index in [4.69, 9.17) is 0 Å². The molecule has 20 heavy (non-hydrogen) atoms. The standard InChI is InChI=1S/C16H18N4/c1-11-8-13(3)19(17-11)15-6-5-7-16(10-15)20-14(4)9-12(2)18-20/h5-10H,1-4H3. The van der Waals surface area contributed by atoms with Crippen LogP contribution in [0.1, 0.15) is 22.8 Å². The molecular formula is C16H18N4. The van der Waals surface area contributed by atoms with Crippen LogP contribution in [0.5, 0.6) is 0 Å². The van der Waals surface area contributed by atoms with E-state index in [1.807, 2.05) is 29.3 Å². The van der Waals surface area contributed by atoms with Gasteiger partial charge in [-0.15, -0.1) is 0 Å². The van der Waals surface area contributed by atoms with E-state index in [2.05, 4.69) is 54.4 Å². The lowest BCUT2D eigenvalue weighted by atomic mass is 10.2. The van der Waals surface area contributed by atoms with Crippen LogP contribution in [-0.4, -0.2) is 19.6 Å². The minimum Gasteiger partial charge on any atom is -0.238 e. The van der Waals surface area contributed by atoms with E-state index in [0.29, 0.717) is 0 Å². The van der Waals surface area contributed by atoms with Crippen molar-refractivity contribution in [3.05, 3.63) is 59.2 Å². The fourth-order valence-corrected chi connectivity index (χ4v) is 2.54. The topological polar surface area (TPSA) is 35.6 Å². The van der Waals surface area contributed by atoms with Gasteiger partial charge in [0.2, 0.25) is 0 Å². The number of nitrogens with zero attached hydrogens (tertiary/aromatic N) is 4. The molecule has 0 aliphatic heterocycles. The Morgan fingerprint density at radius 1 is 0.700 bits per heavy atom. The molecule has 3 aromatic rings. The normalized spacial score (nSPS) is 11.0. The third-order valence-corrected chi connectivity index (χ3v) is 3.34. The fourth-order valence-electron chi connectivity index (χ4n) is 2.54. The molecule has 1 aromatic carbocycles. The predicted octanol–water partition coefficient (Wildman–Crippen LogP) is 3.29. The van der Waals surface area contributed by atoms with Gasteiger partial charge in [0, 0.05) is 11.4 Å². The molecule has 0 atom stereocenters. The largest absolute Gasteiger partial charge is 0.238 e. The van der Waals surface area contributed by atoms with Gasteiger partial charge in [-0.05, 0) is 58.0 Å². The molecule has 0 amide bonds. The highest BCUT2D eigenvalue weighted by atomic mass is 15.3. The van der Waals surface area contributed by atoms with Crippen molar-refractivity contribution in [2.24, 2.45) is 0 Å². The van der Waals surface area contributed by atoms with Gasteiger partial charge in [0.1, 0.15) is 0 Å². The van der Waals surface area contributed by atoms with Crippen molar-refractivity contribution in [3.63, 3.8) is 0 Å². The molecule has 3 rings (SSSR count). The van der Waals surface area contributed by atoms with Crippen LogP contribution < -0.4 is 0 Å². The Balaban J connectivity index is 2.10. The first-order chi connectivity index (χ1) is 9.54. The van der Waals surface area contributed by atoms with Gasteiger partial charge in [0.15, 0.2) is 0 Å². The molecule has 0 unspecified atom stereocenters. The number of aryl methyl sites for hydroxylation is 4. The molecule has 0 saturated heterocycles. The Morgan fingerprint density at radius 3 is 1.50 bits per heavy atom. The second kappa shape index (κ2) is 4.63. The van der Waals surface area contributed by atoms with Crippen molar-refractivity contribution >= 4 is 0 Å². The SMILES string of the molecule is Cc1cc(C)n(-c2cccc(-n3nc(C)cc3C)c2)n1. The molecule has 0 spiro atoms. The quantitative estimate of drug-likeness (QED) is 0.713. The van der Waals surface area contributed by atoms with Crippen molar-refractivity contribution in [1.29, 1.82) is 0 Å². The Hall–Kier alpha value is -2.36. The van der Waals surface area contributed by atoms with Gasteiger partial charge in [-0.3, -0.25) is 0 Å². The van der Waals surface area contributed by atoms with E-state index in [1.54, 1.807) is 0 Å². The summed E-state index contributed by atoms with van der Waals surface area (Å²) in [5, 5.41) is 9.06. The second-order valence-electron chi connectivity index (χ2n) is 5.20. The molecule has 4 heteroatoms. The van der Waals surface area contributed by atoms with E-state index in [1.165, 1.54) is 0 Å². The summed E-state index contributed by atoms with van der Waals surface area (Å²) in [7, 11) is 0. The molecule has 2 aromatic heterocycles. The minimum absolute atomic E-state index is 1.03. The van der Waals surface area contributed by atoms with E-state index in [-0.39, 0.29) is 0 Å². The van der Waals surface area contributed by atoms with Gasteiger partial charge >= 0.3 is 0 Å². The van der Waals surface area contributed by atoms with Crippen molar-refractivity contribution in [3.8, 4) is 11.4 Å². The molecular weight excluding hydrogens is 248 g/mol. The summed E-state index contributed by atoms with van der Waals surface area (Å²) in [6, 6.07) is 12.4. The molecule has 4 nitrogen and oxygen atoms in total. The van der Waals surface area contributed by atoms with Crippen LogP contribution in [-0.2, 0) is 0 Å². The maximum Gasteiger partial charge on any atom is 0.0670 e. The van der Waals surface area contributed by atoms with Gasteiger partial charge in [-0.1, -0.05) is 6.07 Å². The first-order valence-electron chi connectivity index (χ1n) is 6.72. The first-order valence-corrected chi connectivity index (χ1v) is 6.72. The van der Waals surface area contributed by atoms with Gasteiger partial charge in [-0.2, -0.15) is 10.2 Å². The van der Waals surface area contributed by atoms with Crippen LogP contribution in [0.2, 0.25) is 0 Å². The van der Waals surface area contributed by atoms with Crippen molar-refractivity contribution in [2.75, 3.05) is 0 Å². The molecule has 0 N–H and O–H groups in total. The van der Waals surface area contributed by atoms with E-state index in [0.717, 1.165) is 34.2 Å². The van der Waals surface area contributed by atoms with Gasteiger partial charge < -0.3 is 0 Å². The van der Waals surface area contributed by atoms with Crippen LogP contribution in [0.4, 0.5) is 0 Å². The summed E-state index contributed by atoms with van der Waals surface area (Å²) in [4.78, 5) is 0. The summed E-state index contributed by atoms with van der Waals surface area (Å²) in [5.74, 6) is 0. The highest BCUT2D eigenvalue weighted by Crippen LogP contribution is 2.17. The molecule has 0 saturated carbocycles. The van der Waals surface area contributed by atoms with Crippen LogP contribution in [0, 0.1) is 27.7 Å². The zero-order chi connectivity index (χ0) is 14.3. The van der Waals surface area contributed by atoms with Crippen LogP contribution >= 0.6 is 0 Å². The summed E-state index contributed by atoms with van der Waals surface area (Å²) >= 11 is 0. The van der Waals surface area contributed by atoms with Crippen molar-refractivity contribution in [1.82, 2.24) is 19.6 Å². The van der Waals surface area contributed by atoms with Gasteiger partial charge in [0.25, 0.3) is 0 Å². The van der Waals surface area contributed by atoms with E-state index < -0.39 is 0 Å². The average Bonchev–Trinajstić information content (AvgIpc) is 2.91. The minimum atomic E-state index is 1.03. The van der Waals surface area contributed by atoms with E-state index >= 15 is 0 Å². The summed E-state index contributed by atoms with van der Waals surface area (Å²) in [6.07, 6.45) is 0.